The highest BCUT2D eigenvalue weighted by Gasteiger charge is 2.36. The zero-order chi connectivity index (χ0) is 21.1. The summed E-state index contributed by atoms with van der Waals surface area (Å²) in [7, 11) is 0. The van der Waals surface area contributed by atoms with Crippen molar-refractivity contribution < 1.29 is 0 Å². The molecule has 1 atom stereocenters. The van der Waals surface area contributed by atoms with Crippen LogP contribution in [0.5, 0.6) is 0 Å². The number of hydrogen-bond acceptors (Lipinski definition) is 6. The fraction of sp³-hybridized carbons (Fsp3) is 0.143. The molecule has 1 aromatic carbocycles. The summed E-state index contributed by atoms with van der Waals surface area (Å²) in [5, 5.41) is 9.39. The average molecular weight is 433 g/mol. The fourth-order valence-electron chi connectivity index (χ4n) is 4.15. The lowest BCUT2D eigenvalue weighted by Crippen LogP contribution is -2.45. The van der Waals surface area contributed by atoms with E-state index in [-0.39, 0.29) is 17.5 Å². The third kappa shape index (κ3) is 2.63. The van der Waals surface area contributed by atoms with Crippen LogP contribution in [0.1, 0.15) is 18.3 Å². The second kappa shape index (κ2) is 6.58. The molecular weight excluding hydrogens is 416 g/mol. The predicted molar refractivity (Wildman–Crippen MR) is 118 cm³/mol. The summed E-state index contributed by atoms with van der Waals surface area (Å²) in [6.07, 6.45) is 4.35. The average Bonchev–Trinajstić information content (AvgIpc) is 3.35. The second-order valence-corrected chi connectivity index (χ2v) is 7.83. The second-order valence-electron chi connectivity index (χ2n) is 7.42. The van der Waals surface area contributed by atoms with Crippen molar-refractivity contribution in [2.75, 3.05) is 17.2 Å². The van der Waals surface area contributed by atoms with Crippen molar-refractivity contribution in [2.45, 2.75) is 12.5 Å². The van der Waals surface area contributed by atoms with Gasteiger partial charge in [-0.1, -0.05) is 29.8 Å². The minimum absolute atomic E-state index is 0.161. The summed E-state index contributed by atoms with van der Waals surface area (Å²) < 4.78 is 4.90. The Hall–Kier alpha value is -3.85. The Labute approximate surface area is 180 Å². The van der Waals surface area contributed by atoms with Crippen molar-refractivity contribution in [3.05, 3.63) is 82.1 Å². The summed E-state index contributed by atoms with van der Waals surface area (Å²) in [6.45, 7) is 0.761. The first-order valence-corrected chi connectivity index (χ1v) is 10.2. The van der Waals surface area contributed by atoms with Gasteiger partial charge in [0.1, 0.15) is 11.0 Å². The number of fused-ring (bicyclic) bond motifs is 2. The minimum atomic E-state index is -0.215. The highest BCUT2D eigenvalue weighted by atomic mass is 35.5. The maximum Gasteiger partial charge on any atom is 0.284 e. The molecule has 0 spiro atoms. The number of hydrogen-bond donors (Lipinski definition) is 1. The van der Waals surface area contributed by atoms with Gasteiger partial charge in [-0.05, 0) is 36.8 Å². The van der Waals surface area contributed by atoms with E-state index < -0.39 is 0 Å². The maximum absolute atomic E-state index is 13.5. The summed E-state index contributed by atoms with van der Waals surface area (Å²) in [5.41, 5.74) is 7.66. The molecule has 0 unspecified atom stereocenters. The Morgan fingerprint density at radius 1 is 1.00 bits per heavy atom. The van der Waals surface area contributed by atoms with E-state index >= 15 is 0 Å². The molecule has 0 amide bonds. The molecule has 1 aliphatic heterocycles. The molecule has 1 saturated heterocycles. The van der Waals surface area contributed by atoms with Crippen molar-refractivity contribution in [2.24, 2.45) is 0 Å². The summed E-state index contributed by atoms with van der Waals surface area (Å²) in [5.74, 6) is 1.52. The zero-order valence-corrected chi connectivity index (χ0v) is 17.0. The topological polar surface area (TPSA) is 98.8 Å². The molecule has 0 saturated carbocycles. The van der Waals surface area contributed by atoms with Gasteiger partial charge >= 0.3 is 0 Å². The lowest BCUT2D eigenvalue weighted by atomic mass is 10.0. The van der Waals surface area contributed by atoms with Crippen LogP contribution in [-0.2, 0) is 0 Å². The fourth-order valence-corrected chi connectivity index (χ4v) is 4.37. The number of aromatic nitrogens is 6. The SMILES string of the molecule is Nc1nc(N2CC[C@H]2c2nn3ccc(Cl)c3c(=O)n2-c2ccccc2)c2cccn2n1. The standard InChI is InChI=1S/C21H17ClN8O/c22-14-8-12-29-17(14)20(31)30(13-5-2-1-3-6-13)19(25-29)15-9-11-27(15)18-16-7-4-10-28(16)26-21(23)24-18/h1-8,10,12,15H,9,11H2,(H2,23,26)/t15-/m0/s1. The van der Waals surface area contributed by atoms with E-state index in [0.717, 1.165) is 24.2 Å². The van der Waals surface area contributed by atoms with Gasteiger partial charge in [0.2, 0.25) is 5.95 Å². The number of nitrogens with two attached hydrogens (primary N) is 1. The molecule has 10 heteroatoms. The van der Waals surface area contributed by atoms with E-state index in [0.29, 0.717) is 22.2 Å². The molecule has 1 aliphatic rings. The number of halogens is 1. The van der Waals surface area contributed by atoms with Gasteiger partial charge < -0.3 is 10.6 Å². The van der Waals surface area contributed by atoms with Crippen LogP contribution in [0.4, 0.5) is 11.8 Å². The van der Waals surface area contributed by atoms with Gasteiger partial charge in [-0.25, -0.2) is 9.03 Å². The molecule has 0 radical (unpaired) electrons. The molecule has 31 heavy (non-hydrogen) atoms. The molecule has 6 rings (SSSR count). The molecule has 154 valence electrons. The van der Waals surface area contributed by atoms with E-state index in [4.69, 9.17) is 22.4 Å². The largest absolute Gasteiger partial charge is 0.366 e. The first kappa shape index (κ1) is 18.0. The first-order valence-electron chi connectivity index (χ1n) is 9.84. The van der Waals surface area contributed by atoms with Gasteiger partial charge in [-0.15, -0.1) is 5.10 Å². The first-order chi connectivity index (χ1) is 15.1. The zero-order valence-electron chi connectivity index (χ0n) is 16.3. The third-order valence-corrected chi connectivity index (χ3v) is 5.96. The van der Waals surface area contributed by atoms with E-state index in [1.165, 1.54) is 0 Å². The van der Waals surface area contributed by atoms with Crippen molar-refractivity contribution >= 4 is 34.4 Å². The van der Waals surface area contributed by atoms with Gasteiger partial charge in [0.25, 0.3) is 5.56 Å². The number of anilines is 2. The quantitative estimate of drug-likeness (QED) is 0.470. The van der Waals surface area contributed by atoms with Gasteiger partial charge in [0.15, 0.2) is 11.6 Å². The number of rotatable bonds is 3. The Balaban J connectivity index is 1.58. The third-order valence-electron chi connectivity index (χ3n) is 5.65. The number of para-hydroxylation sites is 1. The van der Waals surface area contributed by atoms with Crippen molar-refractivity contribution in [1.82, 2.24) is 28.8 Å². The van der Waals surface area contributed by atoms with Crippen LogP contribution in [-0.4, -0.2) is 35.3 Å². The Kier molecular flexibility index (Phi) is 3.81. The maximum atomic E-state index is 13.5. The van der Waals surface area contributed by atoms with Crippen molar-refractivity contribution in [3.8, 4) is 5.69 Å². The molecule has 1 fully saturated rings. The Bertz CT molecular complexity index is 1500. The van der Waals surface area contributed by atoms with E-state index in [1.807, 2.05) is 48.7 Å². The molecule has 5 aromatic rings. The van der Waals surface area contributed by atoms with Crippen LogP contribution in [0.2, 0.25) is 5.02 Å². The van der Waals surface area contributed by atoms with Crippen LogP contribution in [0.15, 0.2) is 65.7 Å². The van der Waals surface area contributed by atoms with Crippen LogP contribution in [0, 0.1) is 0 Å². The smallest absolute Gasteiger partial charge is 0.284 e. The molecular formula is C21H17ClN8O. The van der Waals surface area contributed by atoms with Crippen molar-refractivity contribution in [3.63, 3.8) is 0 Å². The minimum Gasteiger partial charge on any atom is -0.366 e. The molecule has 4 aromatic heterocycles. The summed E-state index contributed by atoms with van der Waals surface area (Å²) >= 11 is 6.29. The van der Waals surface area contributed by atoms with Gasteiger partial charge in [0.05, 0.1) is 16.8 Å². The molecule has 2 N–H and O–H groups in total. The van der Waals surface area contributed by atoms with Crippen LogP contribution >= 0.6 is 11.6 Å². The molecule has 9 nitrogen and oxygen atoms in total. The molecule has 5 heterocycles. The van der Waals surface area contributed by atoms with Crippen LogP contribution in [0.3, 0.4) is 0 Å². The van der Waals surface area contributed by atoms with Gasteiger partial charge in [-0.3, -0.25) is 9.36 Å². The van der Waals surface area contributed by atoms with Gasteiger partial charge in [-0.2, -0.15) is 10.1 Å². The van der Waals surface area contributed by atoms with Crippen LogP contribution < -0.4 is 16.2 Å². The lowest BCUT2D eigenvalue weighted by molar-refractivity contribution is 0.423. The monoisotopic (exact) mass is 432 g/mol. The van der Waals surface area contributed by atoms with E-state index in [1.54, 1.807) is 25.9 Å². The molecule has 0 bridgehead atoms. The van der Waals surface area contributed by atoms with E-state index in [9.17, 15) is 4.79 Å². The summed E-state index contributed by atoms with van der Waals surface area (Å²) in [6, 6.07) is 14.8. The highest BCUT2D eigenvalue weighted by Crippen LogP contribution is 2.38. The number of nitrogens with zero attached hydrogens (tertiary/aromatic N) is 7. The predicted octanol–water partition coefficient (Wildman–Crippen LogP) is 2.71. The number of nitrogen functional groups attached to an aromatic ring is 1. The van der Waals surface area contributed by atoms with E-state index in [2.05, 4.69) is 15.0 Å². The Morgan fingerprint density at radius 2 is 1.84 bits per heavy atom. The number of benzene rings is 1. The highest BCUT2D eigenvalue weighted by molar-refractivity contribution is 6.33. The van der Waals surface area contributed by atoms with Crippen LogP contribution in [0.25, 0.3) is 16.7 Å². The van der Waals surface area contributed by atoms with Crippen molar-refractivity contribution in [1.29, 1.82) is 0 Å². The van der Waals surface area contributed by atoms with Gasteiger partial charge in [0, 0.05) is 18.9 Å². The normalized spacial score (nSPS) is 16.2. The molecule has 0 aliphatic carbocycles. The lowest BCUT2D eigenvalue weighted by Gasteiger charge is -2.42. The summed E-state index contributed by atoms with van der Waals surface area (Å²) in [4.78, 5) is 20.1. The Morgan fingerprint density at radius 3 is 2.61 bits per heavy atom.